The van der Waals surface area contributed by atoms with E-state index in [1.807, 2.05) is 45.9 Å². The molecule has 1 aromatic rings. The summed E-state index contributed by atoms with van der Waals surface area (Å²) in [6.07, 6.45) is 0. The van der Waals surface area contributed by atoms with Crippen LogP contribution >= 0.6 is 15.9 Å². The molecule has 20 heavy (non-hydrogen) atoms. The van der Waals surface area contributed by atoms with Crippen molar-refractivity contribution in [3.8, 4) is 0 Å². The van der Waals surface area contributed by atoms with E-state index in [1.54, 1.807) is 0 Å². The first-order valence-corrected chi connectivity index (χ1v) is 7.09. The Kier molecular flexibility index (Phi) is 5.56. The average Bonchev–Trinajstić information content (AvgIpc) is 2.24. The zero-order valence-electron chi connectivity index (χ0n) is 12.1. The van der Waals surface area contributed by atoms with Gasteiger partial charge in [-0.1, -0.05) is 15.9 Å². The van der Waals surface area contributed by atoms with Gasteiger partial charge >= 0.3 is 6.03 Å². The Morgan fingerprint density at radius 1 is 1.25 bits per heavy atom. The lowest BCUT2D eigenvalue weighted by Gasteiger charge is -2.20. The maximum atomic E-state index is 11.6. The second kappa shape index (κ2) is 6.74. The molecule has 0 bridgehead atoms. The fraction of sp³-hybridized carbons (Fsp3) is 0.429. The molecule has 0 aliphatic carbocycles. The van der Waals surface area contributed by atoms with Crippen LogP contribution in [0.2, 0.25) is 0 Å². The molecule has 0 spiro atoms. The zero-order valence-corrected chi connectivity index (χ0v) is 13.7. The second-order valence-electron chi connectivity index (χ2n) is 5.57. The summed E-state index contributed by atoms with van der Waals surface area (Å²) in [5.41, 5.74) is 1.51. The molecule has 0 heterocycles. The third-order valence-corrected chi connectivity index (χ3v) is 2.86. The first-order chi connectivity index (χ1) is 9.17. The lowest BCUT2D eigenvalue weighted by atomic mass is 10.1. The van der Waals surface area contributed by atoms with Crippen LogP contribution in [0.25, 0.3) is 0 Å². The Balaban J connectivity index is 2.46. The van der Waals surface area contributed by atoms with E-state index in [0.717, 1.165) is 15.7 Å². The van der Waals surface area contributed by atoms with E-state index in [9.17, 15) is 9.59 Å². The molecular formula is C14H20BrN3O2. The number of urea groups is 1. The summed E-state index contributed by atoms with van der Waals surface area (Å²) in [5, 5.41) is 7.93. The number of benzene rings is 1. The van der Waals surface area contributed by atoms with Gasteiger partial charge in [0.2, 0.25) is 5.91 Å². The number of carbonyl (C=O) groups is 2. The number of anilines is 1. The van der Waals surface area contributed by atoms with Gasteiger partial charge in [-0.25, -0.2) is 4.79 Å². The van der Waals surface area contributed by atoms with E-state index in [2.05, 4.69) is 31.9 Å². The fourth-order valence-electron chi connectivity index (χ4n) is 1.54. The van der Waals surface area contributed by atoms with Crippen molar-refractivity contribution in [2.75, 3.05) is 11.9 Å². The van der Waals surface area contributed by atoms with Crippen LogP contribution in [0.4, 0.5) is 10.5 Å². The van der Waals surface area contributed by atoms with Crippen molar-refractivity contribution in [1.29, 1.82) is 0 Å². The van der Waals surface area contributed by atoms with E-state index >= 15 is 0 Å². The summed E-state index contributed by atoms with van der Waals surface area (Å²) in [6.45, 7) is 7.53. The molecule has 0 fully saturated rings. The first kappa shape index (κ1) is 16.5. The quantitative estimate of drug-likeness (QED) is 0.791. The number of halogens is 1. The van der Waals surface area contributed by atoms with Crippen LogP contribution in [0.15, 0.2) is 22.7 Å². The molecule has 3 amide bonds. The normalized spacial score (nSPS) is 10.8. The Bertz CT molecular complexity index is 510. The van der Waals surface area contributed by atoms with Gasteiger partial charge in [0.1, 0.15) is 0 Å². The molecular weight excluding hydrogens is 322 g/mol. The molecule has 5 nitrogen and oxygen atoms in total. The van der Waals surface area contributed by atoms with Gasteiger partial charge in [-0.05, 0) is 51.5 Å². The topological polar surface area (TPSA) is 70.2 Å². The number of aryl methyl sites for hydroxylation is 1. The van der Waals surface area contributed by atoms with Gasteiger partial charge in [0.25, 0.3) is 0 Å². The van der Waals surface area contributed by atoms with E-state index in [0.29, 0.717) is 0 Å². The standard InChI is InChI=1S/C14H20BrN3O2/c1-9-7-10(15)5-6-11(9)16-8-12(19)17-13(20)18-14(2,3)4/h5-7,16H,8H2,1-4H3,(H2,17,18,19,20). The van der Waals surface area contributed by atoms with Crippen LogP contribution in [0.3, 0.4) is 0 Å². The molecule has 1 aromatic carbocycles. The SMILES string of the molecule is Cc1cc(Br)ccc1NCC(=O)NC(=O)NC(C)(C)C. The van der Waals surface area contributed by atoms with Gasteiger partial charge in [0.05, 0.1) is 6.54 Å². The number of hydrogen-bond acceptors (Lipinski definition) is 3. The predicted octanol–water partition coefficient (Wildman–Crippen LogP) is 2.79. The summed E-state index contributed by atoms with van der Waals surface area (Å²) < 4.78 is 0.981. The zero-order chi connectivity index (χ0) is 15.3. The minimum absolute atomic E-state index is 0.0417. The van der Waals surface area contributed by atoms with Crippen molar-refractivity contribution in [3.63, 3.8) is 0 Å². The Morgan fingerprint density at radius 2 is 1.90 bits per heavy atom. The van der Waals surface area contributed by atoms with Crippen molar-refractivity contribution in [2.45, 2.75) is 33.2 Å². The van der Waals surface area contributed by atoms with Crippen LogP contribution in [0, 0.1) is 6.92 Å². The van der Waals surface area contributed by atoms with Crippen LogP contribution in [0.1, 0.15) is 26.3 Å². The van der Waals surface area contributed by atoms with E-state index in [-0.39, 0.29) is 18.0 Å². The molecule has 0 saturated heterocycles. The minimum Gasteiger partial charge on any atom is -0.376 e. The summed E-state index contributed by atoms with van der Waals surface area (Å²) >= 11 is 3.38. The summed E-state index contributed by atoms with van der Waals surface area (Å²) in [6, 6.07) is 5.23. The van der Waals surface area contributed by atoms with Gasteiger partial charge in [-0.15, -0.1) is 0 Å². The molecule has 3 N–H and O–H groups in total. The maximum Gasteiger partial charge on any atom is 0.321 e. The lowest BCUT2D eigenvalue weighted by molar-refractivity contribution is -0.118. The minimum atomic E-state index is -0.489. The summed E-state index contributed by atoms with van der Waals surface area (Å²) in [7, 11) is 0. The Hall–Kier alpha value is -1.56. The van der Waals surface area contributed by atoms with Gasteiger partial charge in [0, 0.05) is 15.7 Å². The lowest BCUT2D eigenvalue weighted by Crippen LogP contribution is -2.49. The summed E-state index contributed by atoms with van der Waals surface area (Å²) in [5.74, 6) is -0.380. The highest BCUT2D eigenvalue weighted by molar-refractivity contribution is 9.10. The summed E-state index contributed by atoms with van der Waals surface area (Å²) in [4.78, 5) is 23.2. The maximum absolute atomic E-state index is 11.6. The first-order valence-electron chi connectivity index (χ1n) is 6.29. The molecule has 0 atom stereocenters. The number of imide groups is 1. The molecule has 0 unspecified atom stereocenters. The molecule has 0 aliphatic rings. The van der Waals surface area contributed by atoms with E-state index in [1.165, 1.54) is 0 Å². The van der Waals surface area contributed by atoms with Gasteiger partial charge in [-0.3, -0.25) is 10.1 Å². The van der Waals surface area contributed by atoms with Crippen molar-refractivity contribution in [3.05, 3.63) is 28.2 Å². The molecule has 0 aromatic heterocycles. The Labute approximate surface area is 127 Å². The number of rotatable bonds is 3. The van der Waals surface area contributed by atoms with Crippen LogP contribution in [0.5, 0.6) is 0 Å². The third-order valence-electron chi connectivity index (χ3n) is 2.37. The highest BCUT2D eigenvalue weighted by Gasteiger charge is 2.15. The number of nitrogens with one attached hydrogen (secondary N) is 3. The van der Waals surface area contributed by atoms with Crippen LogP contribution in [-0.4, -0.2) is 24.0 Å². The fourth-order valence-corrected chi connectivity index (χ4v) is 2.02. The molecule has 1 rings (SSSR count). The van der Waals surface area contributed by atoms with E-state index < -0.39 is 6.03 Å². The van der Waals surface area contributed by atoms with E-state index in [4.69, 9.17) is 0 Å². The molecule has 110 valence electrons. The highest BCUT2D eigenvalue weighted by Crippen LogP contribution is 2.19. The predicted molar refractivity (Wildman–Crippen MR) is 83.8 cm³/mol. The largest absolute Gasteiger partial charge is 0.376 e. The Morgan fingerprint density at radius 3 is 2.45 bits per heavy atom. The van der Waals surface area contributed by atoms with Crippen molar-refractivity contribution in [1.82, 2.24) is 10.6 Å². The van der Waals surface area contributed by atoms with Crippen molar-refractivity contribution in [2.24, 2.45) is 0 Å². The average molecular weight is 342 g/mol. The van der Waals surface area contributed by atoms with Gasteiger partial charge < -0.3 is 10.6 Å². The van der Waals surface area contributed by atoms with Crippen LogP contribution < -0.4 is 16.0 Å². The number of hydrogen-bond donors (Lipinski definition) is 3. The number of amides is 3. The second-order valence-corrected chi connectivity index (χ2v) is 6.48. The highest BCUT2D eigenvalue weighted by atomic mass is 79.9. The smallest absolute Gasteiger partial charge is 0.321 e. The molecule has 0 aliphatic heterocycles. The molecule has 0 saturated carbocycles. The molecule has 0 radical (unpaired) electrons. The van der Waals surface area contributed by atoms with Crippen molar-refractivity contribution < 1.29 is 9.59 Å². The van der Waals surface area contributed by atoms with Crippen LogP contribution in [-0.2, 0) is 4.79 Å². The molecule has 6 heteroatoms. The third kappa shape index (κ3) is 6.06. The monoisotopic (exact) mass is 341 g/mol. The van der Waals surface area contributed by atoms with Gasteiger partial charge in [-0.2, -0.15) is 0 Å². The van der Waals surface area contributed by atoms with Crippen molar-refractivity contribution >= 4 is 33.6 Å². The number of carbonyl (C=O) groups excluding carboxylic acids is 2. The van der Waals surface area contributed by atoms with Gasteiger partial charge in [0.15, 0.2) is 0 Å².